The molecule has 3 rings (SSSR count). The summed E-state index contributed by atoms with van der Waals surface area (Å²) in [5.41, 5.74) is 2.78. The van der Waals surface area contributed by atoms with Crippen LogP contribution in [-0.2, 0) is 10.0 Å². The Hall–Kier alpha value is -3.17. The lowest BCUT2D eigenvalue weighted by Gasteiger charge is -2.14. The predicted octanol–water partition coefficient (Wildman–Crippen LogP) is 3.59. The van der Waals surface area contributed by atoms with E-state index in [1.54, 1.807) is 31.2 Å². The van der Waals surface area contributed by atoms with Crippen LogP contribution in [0.5, 0.6) is 5.75 Å². The Labute approximate surface area is 186 Å². The van der Waals surface area contributed by atoms with E-state index in [9.17, 15) is 17.6 Å². The Morgan fingerprint density at radius 1 is 1.19 bits per heavy atom. The number of hydrogen-bond acceptors (Lipinski definition) is 5. The van der Waals surface area contributed by atoms with Gasteiger partial charge in [-0.15, -0.1) is 0 Å². The van der Waals surface area contributed by atoms with Crippen molar-refractivity contribution in [1.82, 2.24) is 4.98 Å². The molecule has 0 spiro atoms. The molecule has 170 valence electrons. The lowest BCUT2D eigenvalue weighted by atomic mass is 9.97. The van der Waals surface area contributed by atoms with Gasteiger partial charge in [0.05, 0.1) is 36.4 Å². The molecule has 7 nitrogen and oxygen atoms in total. The zero-order chi connectivity index (χ0) is 23.5. The Kier molecular flexibility index (Phi) is 7.00. The summed E-state index contributed by atoms with van der Waals surface area (Å²) in [5.74, 6) is -1.25. The highest BCUT2D eigenvalue weighted by molar-refractivity contribution is 7.92. The van der Waals surface area contributed by atoms with Crippen LogP contribution >= 0.6 is 0 Å². The molecule has 3 N–H and O–H groups in total. The van der Waals surface area contributed by atoms with Crippen molar-refractivity contribution in [2.45, 2.75) is 19.8 Å². The summed E-state index contributed by atoms with van der Waals surface area (Å²) >= 11 is 0. The van der Waals surface area contributed by atoms with E-state index in [0.29, 0.717) is 28.3 Å². The number of aryl methyl sites for hydroxylation is 1. The average molecular weight is 461 g/mol. The molecule has 2 aromatic carbocycles. The van der Waals surface area contributed by atoms with Crippen molar-refractivity contribution in [3.8, 4) is 5.75 Å². The lowest BCUT2D eigenvalue weighted by molar-refractivity contribution is 0.103. The number of halogens is 1. The molecule has 9 heteroatoms. The number of aromatic nitrogens is 1. The number of benzene rings is 2. The van der Waals surface area contributed by atoms with Gasteiger partial charge in [0, 0.05) is 11.6 Å². The fourth-order valence-corrected chi connectivity index (χ4v) is 4.22. The van der Waals surface area contributed by atoms with Crippen molar-refractivity contribution >= 4 is 21.5 Å². The number of carbonyl (C=O) groups excluding carboxylic acids is 1. The quantitative estimate of drug-likeness (QED) is 0.423. The highest BCUT2D eigenvalue weighted by Crippen LogP contribution is 2.29. The van der Waals surface area contributed by atoms with Gasteiger partial charge < -0.3 is 14.8 Å². The molecule has 0 saturated heterocycles. The number of ketones is 1. The first-order chi connectivity index (χ1) is 15.1. The number of aliphatic hydroxyl groups is 1. The summed E-state index contributed by atoms with van der Waals surface area (Å²) in [4.78, 5) is 16.0. The smallest absolute Gasteiger partial charge is 0.234 e. The molecule has 0 aliphatic heterocycles. The molecule has 0 radical (unpaired) electrons. The van der Waals surface area contributed by atoms with Crippen molar-refractivity contribution in [2.75, 3.05) is 24.2 Å². The first-order valence-corrected chi connectivity index (χ1v) is 11.6. The van der Waals surface area contributed by atoms with E-state index in [-0.39, 0.29) is 11.5 Å². The fraction of sp³-hybridized carbons (Fsp3) is 0.261. The molecule has 1 unspecified atom stereocenters. The lowest BCUT2D eigenvalue weighted by Crippen LogP contribution is -2.19. The van der Waals surface area contributed by atoms with Crippen LogP contribution in [0.2, 0.25) is 0 Å². The maximum absolute atomic E-state index is 14.7. The number of hydrogen-bond donors (Lipinski definition) is 3. The maximum Gasteiger partial charge on any atom is 0.234 e. The molecule has 1 heterocycles. The summed E-state index contributed by atoms with van der Waals surface area (Å²) < 4.78 is 45.8. The Balaban J connectivity index is 1.83. The molecule has 0 saturated carbocycles. The van der Waals surface area contributed by atoms with E-state index in [1.807, 2.05) is 13.0 Å². The highest BCUT2D eigenvalue weighted by Gasteiger charge is 2.20. The molecule has 0 aliphatic carbocycles. The normalized spacial score (nSPS) is 12.4. The van der Waals surface area contributed by atoms with E-state index in [0.717, 1.165) is 11.6 Å². The number of methoxy groups -OCH3 is 1. The second kappa shape index (κ2) is 9.54. The van der Waals surface area contributed by atoms with Gasteiger partial charge in [-0.25, -0.2) is 12.8 Å². The van der Waals surface area contributed by atoms with Crippen LogP contribution in [0.25, 0.3) is 0 Å². The number of rotatable bonds is 9. The topological polar surface area (TPSA) is 108 Å². The van der Waals surface area contributed by atoms with Gasteiger partial charge in [-0.1, -0.05) is 19.1 Å². The maximum atomic E-state index is 14.7. The van der Waals surface area contributed by atoms with Gasteiger partial charge >= 0.3 is 0 Å². The molecule has 0 bridgehead atoms. The zero-order valence-electron chi connectivity index (χ0n) is 18.0. The monoisotopic (exact) mass is 460 g/mol. The molecule has 3 aromatic rings. The standard InChI is InChI=1S/C23H25FN2O5S/c1-14-4-6-18(22(12-14)31-3)23(28)21-9-8-20(25-21)15(2)17-7-5-16(13-19(17)24)26-32(29,30)11-10-27/h4-9,12-13,15,25-27H,10-11H2,1-3H3. The first-order valence-electron chi connectivity index (χ1n) is 9.94. The SMILES string of the molecule is COc1cc(C)ccc1C(=O)c1ccc(C(C)c2ccc(NS(=O)(=O)CCO)cc2F)[nH]1. The van der Waals surface area contributed by atoms with Gasteiger partial charge in [0.25, 0.3) is 0 Å². The van der Waals surface area contributed by atoms with Crippen molar-refractivity contribution in [3.63, 3.8) is 0 Å². The van der Waals surface area contributed by atoms with Crippen molar-refractivity contribution in [3.05, 3.63) is 82.4 Å². The molecule has 0 aliphatic rings. The van der Waals surface area contributed by atoms with Crippen LogP contribution in [0.3, 0.4) is 0 Å². The van der Waals surface area contributed by atoms with E-state index in [4.69, 9.17) is 9.84 Å². The van der Waals surface area contributed by atoms with Crippen molar-refractivity contribution in [1.29, 1.82) is 0 Å². The Morgan fingerprint density at radius 2 is 1.94 bits per heavy atom. The van der Waals surface area contributed by atoms with E-state index < -0.39 is 34.1 Å². The highest BCUT2D eigenvalue weighted by atomic mass is 32.2. The second-order valence-electron chi connectivity index (χ2n) is 7.46. The van der Waals surface area contributed by atoms with E-state index in [1.165, 1.54) is 19.2 Å². The summed E-state index contributed by atoms with van der Waals surface area (Å²) in [6.07, 6.45) is 0. The number of carbonyl (C=O) groups is 1. The number of aliphatic hydroxyl groups excluding tert-OH is 1. The van der Waals surface area contributed by atoms with Gasteiger partial charge in [0.15, 0.2) is 0 Å². The van der Waals surface area contributed by atoms with E-state index >= 15 is 0 Å². The largest absolute Gasteiger partial charge is 0.496 e. The van der Waals surface area contributed by atoms with Gasteiger partial charge in [0.2, 0.25) is 15.8 Å². The number of sulfonamides is 1. The molecule has 1 aromatic heterocycles. The number of aromatic amines is 1. The molecular weight excluding hydrogens is 435 g/mol. The Morgan fingerprint density at radius 3 is 2.59 bits per heavy atom. The first kappa shape index (κ1) is 23.5. The molecule has 0 amide bonds. The molecule has 0 fully saturated rings. The van der Waals surface area contributed by atoms with Crippen LogP contribution in [-0.4, -0.2) is 43.8 Å². The van der Waals surface area contributed by atoms with Crippen LogP contribution < -0.4 is 9.46 Å². The average Bonchev–Trinajstić information content (AvgIpc) is 3.22. The summed E-state index contributed by atoms with van der Waals surface area (Å²) in [6.45, 7) is 3.15. The van der Waals surface area contributed by atoms with Crippen molar-refractivity contribution < 1.29 is 27.4 Å². The summed E-state index contributed by atoms with van der Waals surface area (Å²) in [5, 5.41) is 8.80. The third-order valence-electron chi connectivity index (χ3n) is 5.12. The fourth-order valence-electron chi connectivity index (χ4n) is 3.39. The van der Waals surface area contributed by atoms with Gasteiger partial charge in [0.1, 0.15) is 11.6 Å². The molecule has 32 heavy (non-hydrogen) atoms. The van der Waals surface area contributed by atoms with Crippen LogP contribution in [0.4, 0.5) is 10.1 Å². The molecule has 1 atom stereocenters. The summed E-state index contributed by atoms with van der Waals surface area (Å²) in [6, 6.07) is 12.7. The summed E-state index contributed by atoms with van der Waals surface area (Å²) in [7, 11) is -2.24. The van der Waals surface area contributed by atoms with Crippen LogP contribution in [0.15, 0.2) is 48.5 Å². The number of H-pyrrole nitrogens is 1. The predicted molar refractivity (Wildman–Crippen MR) is 120 cm³/mol. The zero-order valence-corrected chi connectivity index (χ0v) is 18.8. The van der Waals surface area contributed by atoms with Gasteiger partial charge in [-0.3, -0.25) is 9.52 Å². The van der Waals surface area contributed by atoms with Crippen LogP contribution in [0.1, 0.15) is 45.7 Å². The third kappa shape index (κ3) is 5.17. The third-order valence-corrected chi connectivity index (χ3v) is 6.39. The Bertz CT molecular complexity index is 1240. The van der Waals surface area contributed by atoms with Crippen LogP contribution in [0, 0.1) is 12.7 Å². The minimum atomic E-state index is -3.75. The van der Waals surface area contributed by atoms with Gasteiger partial charge in [-0.2, -0.15) is 0 Å². The second-order valence-corrected chi connectivity index (χ2v) is 9.30. The minimum Gasteiger partial charge on any atom is -0.496 e. The minimum absolute atomic E-state index is 0.0701. The van der Waals surface area contributed by atoms with Gasteiger partial charge in [-0.05, 0) is 54.4 Å². The number of anilines is 1. The van der Waals surface area contributed by atoms with Crippen molar-refractivity contribution in [2.24, 2.45) is 0 Å². The molecular formula is C23H25FN2O5S. The van der Waals surface area contributed by atoms with E-state index in [2.05, 4.69) is 9.71 Å². The number of nitrogens with one attached hydrogen (secondary N) is 2. The number of ether oxygens (including phenoxy) is 1.